The Morgan fingerprint density at radius 3 is 1.75 bits per heavy atom. The molecule has 2 atom stereocenters. The van der Waals surface area contributed by atoms with Crippen molar-refractivity contribution in [3.8, 4) is 0 Å². The van der Waals surface area contributed by atoms with E-state index in [4.69, 9.17) is 0 Å². The van der Waals surface area contributed by atoms with Crippen LogP contribution in [0.1, 0.15) is 0 Å². The third-order valence-electron chi connectivity index (χ3n) is 0.947. The molecule has 0 rings (SSSR count). The van der Waals surface area contributed by atoms with Crippen LogP contribution in [0.3, 0.4) is 0 Å². The van der Waals surface area contributed by atoms with Crippen LogP contribution in [0.25, 0.3) is 0 Å². The molecule has 0 saturated heterocycles. The normalized spacial score (nSPS) is 16.6. The number of halogens is 4. The molecule has 72 valence electrons. The topological polar surface area (TPSA) is 75.6 Å². The quantitative estimate of drug-likeness (QED) is 0.223. The summed E-state index contributed by atoms with van der Waals surface area (Å²) in [6.07, 6.45) is -5.62. The zero-order valence-corrected chi connectivity index (χ0v) is 5.40. The third-order valence-corrected chi connectivity index (χ3v) is 0.947. The average Bonchev–Trinajstić information content (AvgIpc) is 1.85. The first-order valence-electron chi connectivity index (χ1n) is 2.48. The summed E-state index contributed by atoms with van der Waals surface area (Å²) in [5.41, 5.74) is 4.38. The summed E-state index contributed by atoms with van der Waals surface area (Å²) in [6, 6.07) is 0. The molecule has 0 saturated carbocycles. The second-order valence-corrected chi connectivity index (χ2v) is 1.71. The molecule has 0 aromatic carbocycles. The fourth-order valence-corrected chi connectivity index (χ4v) is 0.412. The second kappa shape index (κ2) is 4.13. The van der Waals surface area contributed by atoms with E-state index in [9.17, 15) is 28.0 Å². The Balaban J connectivity index is 4.40. The van der Waals surface area contributed by atoms with Crippen molar-refractivity contribution in [2.45, 2.75) is 12.3 Å². The number of nitrogens with two attached hydrogens (primary N) is 1. The minimum atomic E-state index is -2.94. The van der Waals surface area contributed by atoms with E-state index in [1.807, 2.05) is 0 Å². The van der Waals surface area contributed by atoms with E-state index in [1.54, 1.807) is 0 Å². The number of nitrogens with zero attached hydrogens (tertiary/aromatic N) is 3. The first-order chi connectivity index (χ1) is 5.37. The second-order valence-electron chi connectivity index (χ2n) is 1.71. The Morgan fingerprint density at radius 2 is 1.67 bits per heavy atom. The van der Waals surface area contributed by atoms with Crippen molar-refractivity contribution >= 4 is 0 Å². The molecule has 10 heteroatoms. The zero-order chi connectivity index (χ0) is 9.89. The van der Waals surface area contributed by atoms with Crippen molar-refractivity contribution in [2.75, 3.05) is 0 Å². The van der Waals surface area contributed by atoms with Gasteiger partial charge in [0.1, 0.15) is 0 Å². The van der Waals surface area contributed by atoms with E-state index in [0.717, 1.165) is 0 Å². The molecule has 6 nitrogen and oxygen atoms in total. The van der Waals surface area contributed by atoms with E-state index in [-0.39, 0.29) is 0 Å². The highest BCUT2D eigenvalue weighted by atomic mass is 19.4. The lowest BCUT2D eigenvalue weighted by molar-refractivity contribution is -0.597. The van der Waals surface area contributed by atoms with Gasteiger partial charge in [0.25, 0.3) is 0 Å². The number of hydrogen-bond acceptors (Lipinski definition) is 5. The summed E-state index contributed by atoms with van der Waals surface area (Å²) < 4.78 is 45.9. The van der Waals surface area contributed by atoms with E-state index in [0.29, 0.717) is 0 Å². The van der Waals surface area contributed by atoms with Crippen LogP contribution in [0.4, 0.5) is 17.9 Å². The van der Waals surface area contributed by atoms with Gasteiger partial charge in [0.05, 0.1) is 5.34 Å². The molecule has 2 unspecified atom stereocenters. The van der Waals surface area contributed by atoms with Crippen LogP contribution in [0.15, 0.2) is 0 Å². The first kappa shape index (κ1) is 11.0. The Morgan fingerprint density at radius 1 is 1.25 bits per heavy atom. The molecule has 0 aliphatic rings. The van der Waals surface area contributed by atoms with Gasteiger partial charge in [-0.15, -0.1) is 0 Å². The third kappa shape index (κ3) is 2.56. The minimum Gasteiger partial charge on any atom is -0.304 e. The van der Waals surface area contributed by atoms with Crippen molar-refractivity contribution in [3.63, 3.8) is 0 Å². The van der Waals surface area contributed by atoms with Gasteiger partial charge >= 0.3 is 6.17 Å². The molecule has 12 heavy (non-hydrogen) atoms. The van der Waals surface area contributed by atoms with Crippen LogP contribution in [0.2, 0.25) is 0 Å². The van der Waals surface area contributed by atoms with Crippen LogP contribution in [-0.4, -0.2) is 27.9 Å². The Labute approximate surface area is 63.0 Å². The van der Waals surface area contributed by atoms with E-state index >= 15 is 0 Å². The fraction of sp³-hybridized carbons (Fsp3) is 1.00. The summed E-state index contributed by atoms with van der Waals surface area (Å²) in [6.45, 7) is 0. The standard InChI is InChI=1S/C2H4F4N4O2/c3-8(4)1(7)2(9(5)6)10(11)12/h1-2H,7H2. The predicted octanol–water partition coefficient (Wildman–Crippen LogP) is 0.0160. The maximum absolute atomic E-state index is 11.5. The largest absolute Gasteiger partial charge is 0.355 e. The molecule has 0 radical (unpaired) electrons. The molecule has 0 spiro atoms. The van der Waals surface area contributed by atoms with Crippen molar-refractivity contribution in [1.29, 1.82) is 0 Å². The molecular weight excluding hydrogens is 188 g/mol. The molecule has 0 aromatic heterocycles. The van der Waals surface area contributed by atoms with Gasteiger partial charge in [-0.1, -0.05) is 17.9 Å². The van der Waals surface area contributed by atoms with Gasteiger partial charge < -0.3 is 5.73 Å². The zero-order valence-electron chi connectivity index (χ0n) is 5.40. The summed E-state index contributed by atoms with van der Waals surface area (Å²) in [5, 5.41) is 5.88. The predicted molar refractivity (Wildman–Crippen MR) is 26.9 cm³/mol. The lowest BCUT2D eigenvalue weighted by Gasteiger charge is -2.15. The summed E-state index contributed by atoms with van der Waals surface area (Å²) in [4.78, 5) is 8.12. The summed E-state index contributed by atoms with van der Waals surface area (Å²) >= 11 is 0. The van der Waals surface area contributed by atoms with Crippen LogP contribution in [0, 0.1) is 10.1 Å². The lowest BCUT2D eigenvalue weighted by Crippen LogP contribution is -2.51. The lowest BCUT2D eigenvalue weighted by atomic mass is 10.4. The number of nitro groups is 1. The van der Waals surface area contributed by atoms with Crippen molar-refractivity contribution < 1.29 is 22.8 Å². The monoisotopic (exact) mass is 192 g/mol. The van der Waals surface area contributed by atoms with E-state index < -0.39 is 27.9 Å². The molecule has 0 bridgehead atoms. The Bertz CT molecular complexity index is 165. The molecule has 0 amide bonds. The van der Waals surface area contributed by atoms with Crippen molar-refractivity contribution in [3.05, 3.63) is 10.1 Å². The molecule has 2 N–H and O–H groups in total. The number of rotatable bonds is 4. The highest BCUT2D eigenvalue weighted by molar-refractivity contribution is 4.58. The summed E-state index contributed by atoms with van der Waals surface area (Å²) in [7, 11) is 0. The highest BCUT2D eigenvalue weighted by Gasteiger charge is 2.41. The van der Waals surface area contributed by atoms with Crippen molar-refractivity contribution in [1.82, 2.24) is 10.7 Å². The Hall–Kier alpha value is -1.00. The van der Waals surface area contributed by atoms with E-state index in [2.05, 4.69) is 5.73 Å². The SMILES string of the molecule is NC(C(N(F)F)[N+](=O)[O-])N(F)F. The first-order valence-corrected chi connectivity index (χ1v) is 2.48. The summed E-state index contributed by atoms with van der Waals surface area (Å²) in [5.74, 6) is 0. The van der Waals surface area contributed by atoms with Crippen molar-refractivity contribution in [2.24, 2.45) is 5.73 Å². The average molecular weight is 192 g/mol. The van der Waals surface area contributed by atoms with Crippen LogP contribution < -0.4 is 5.73 Å². The molecule has 0 heterocycles. The van der Waals surface area contributed by atoms with Crippen LogP contribution in [-0.2, 0) is 0 Å². The molecular formula is C2H4F4N4O2. The van der Waals surface area contributed by atoms with Gasteiger partial charge in [-0.3, -0.25) is 10.1 Å². The molecule has 0 aromatic rings. The molecule has 0 aliphatic carbocycles. The highest BCUT2D eigenvalue weighted by Crippen LogP contribution is 2.09. The van der Waals surface area contributed by atoms with Gasteiger partial charge in [0.15, 0.2) is 0 Å². The maximum Gasteiger partial charge on any atom is 0.355 e. The Kier molecular flexibility index (Phi) is 3.79. The van der Waals surface area contributed by atoms with Gasteiger partial charge in [-0.2, -0.15) is 0 Å². The number of hydrogen-bond donors (Lipinski definition) is 1. The fourth-order valence-electron chi connectivity index (χ4n) is 0.412. The van der Waals surface area contributed by atoms with Gasteiger partial charge in [0, 0.05) is 10.3 Å². The minimum absolute atomic E-state index is 1.61. The van der Waals surface area contributed by atoms with Crippen LogP contribution >= 0.6 is 0 Å². The molecule has 0 aliphatic heterocycles. The van der Waals surface area contributed by atoms with Gasteiger partial charge in [-0.05, 0) is 0 Å². The van der Waals surface area contributed by atoms with Crippen LogP contribution in [0.5, 0.6) is 0 Å². The van der Waals surface area contributed by atoms with E-state index in [1.165, 1.54) is 0 Å². The molecule has 0 fully saturated rings. The smallest absolute Gasteiger partial charge is 0.304 e. The maximum atomic E-state index is 11.5. The van der Waals surface area contributed by atoms with Gasteiger partial charge in [0.2, 0.25) is 6.17 Å². The van der Waals surface area contributed by atoms with Gasteiger partial charge in [-0.25, -0.2) is 0 Å².